The summed E-state index contributed by atoms with van der Waals surface area (Å²) in [6, 6.07) is 0.340. The van der Waals surface area contributed by atoms with Crippen molar-refractivity contribution in [3.8, 4) is 0 Å². The van der Waals surface area contributed by atoms with Crippen LogP contribution >= 0.6 is 0 Å². The van der Waals surface area contributed by atoms with Gasteiger partial charge in [-0.3, -0.25) is 0 Å². The van der Waals surface area contributed by atoms with E-state index in [4.69, 9.17) is 0 Å². The number of rotatable bonds is 2. The molecule has 11 heavy (non-hydrogen) atoms. The second kappa shape index (κ2) is 3.57. The van der Waals surface area contributed by atoms with Crippen molar-refractivity contribution in [1.29, 1.82) is 0 Å². The molecule has 0 aromatic carbocycles. The van der Waals surface area contributed by atoms with Crippen LogP contribution in [0, 0.1) is 0 Å². The van der Waals surface area contributed by atoms with Crippen LogP contribution < -0.4 is 5.32 Å². The molecule has 0 atom stereocenters. The summed E-state index contributed by atoms with van der Waals surface area (Å²) >= 11 is 0. The molecule has 0 unspecified atom stereocenters. The van der Waals surface area contributed by atoms with Crippen molar-refractivity contribution in [1.82, 2.24) is 10.2 Å². The van der Waals surface area contributed by atoms with Crippen molar-refractivity contribution in [2.24, 2.45) is 0 Å². The number of carbonyl (C=O) groups is 1. The molecule has 1 fully saturated rings. The normalized spacial score (nSPS) is 17.3. The van der Waals surface area contributed by atoms with Gasteiger partial charge in [-0.1, -0.05) is 0 Å². The number of ether oxygens (including phenoxy) is 1. The fourth-order valence-electron chi connectivity index (χ4n) is 1.15. The van der Waals surface area contributed by atoms with Gasteiger partial charge in [-0.15, -0.1) is 0 Å². The van der Waals surface area contributed by atoms with Gasteiger partial charge in [-0.25, -0.2) is 4.79 Å². The van der Waals surface area contributed by atoms with Crippen LogP contribution in [0.4, 0.5) is 4.79 Å². The maximum Gasteiger partial charge on any atom is 0.409 e. The number of nitrogens with zero attached hydrogens (tertiary/aromatic N) is 1. The molecule has 0 saturated carbocycles. The molecule has 1 aliphatic heterocycles. The van der Waals surface area contributed by atoms with E-state index in [0.717, 1.165) is 19.6 Å². The van der Waals surface area contributed by atoms with E-state index in [1.54, 1.807) is 4.90 Å². The topological polar surface area (TPSA) is 41.6 Å². The van der Waals surface area contributed by atoms with Gasteiger partial charge in [0.1, 0.15) is 0 Å². The van der Waals surface area contributed by atoms with Crippen molar-refractivity contribution in [2.45, 2.75) is 13.0 Å². The Balaban J connectivity index is 2.40. The van der Waals surface area contributed by atoms with Gasteiger partial charge >= 0.3 is 6.09 Å². The zero-order valence-electron chi connectivity index (χ0n) is 6.96. The Morgan fingerprint density at radius 1 is 1.73 bits per heavy atom. The van der Waals surface area contributed by atoms with Gasteiger partial charge in [0.15, 0.2) is 0 Å². The maximum absolute atomic E-state index is 11.1. The molecule has 0 aromatic rings. The summed E-state index contributed by atoms with van der Waals surface area (Å²) in [6.07, 6.45) is -0.223. The second-order valence-corrected chi connectivity index (χ2v) is 2.57. The number of likely N-dealkylation sites (N-methyl/N-ethyl adjacent to an activating group) is 1. The first kappa shape index (κ1) is 8.33. The highest BCUT2D eigenvalue weighted by Crippen LogP contribution is 2.05. The summed E-state index contributed by atoms with van der Waals surface area (Å²) in [6.45, 7) is 4.46. The first-order valence-electron chi connectivity index (χ1n) is 3.85. The van der Waals surface area contributed by atoms with Crippen LogP contribution in [0.25, 0.3) is 0 Å². The number of hydrogen-bond acceptors (Lipinski definition) is 3. The lowest BCUT2D eigenvalue weighted by Gasteiger charge is -2.36. The lowest BCUT2D eigenvalue weighted by Crippen LogP contribution is -2.58. The number of hydrogen-bond donors (Lipinski definition) is 1. The van der Waals surface area contributed by atoms with Crippen LogP contribution in [0.5, 0.6) is 0 Å². The van der Waals surface area contributed by atoms with E-state index >= 15 is 0 Å². The van der Waals surface area contributed by atoms with Gasteiger partial charge in [0.05, 0.1) is 13.2 Å². The van der Waals surface area contributed by atoms with Gasteiger partial charge in [-0.05, 0) is 6.92 Å². The molecule has 1 rings (SSSR count). The molecule has 0 spiro atoms. The molecule has 4 heteroatoms. The largest absolute Gasteiger partial charge is 0.453 e. The average Bonchev–Trinajstić information content (AvgIpc) is 1.94. The lowest BCUT2D eigenvalue weighted by molar-refractivity contribution is 0.0928. The minimum absolute atomic E-state index is 0.223. The first-order valence-corrected chi connectivity index (χ1v) is 3.85. The second-order valence-electron chi connectivity index (χ2n) is 2.57. The van der Waals surface area contributed by atoms with Crippen LogP contribution in [-0.2, 0) is 4.74 Å². The van der Waals surface area contributed by atoms with Crippen LogP contribution in [0.1, 0.15) is 6.92 Å². The molecule has 1 amide bonds. The third-order valence-corrected chi connectivity index (χ3v) is 1.95. The third-order valence-electron chi connectivity index (χ3n) is 1.95. The fourth-order valence-corrected chi connectivity index (χ4v) is 1.15. The molecule has 4 nitrogen and oxygen atoms in total. The highest BCUT2D eigenvalue weighted by molar-refractivity contribution is 5.68. The molecule has 1 heterocycles. The van der Waals surface area contributed by atoms with Crippen LogP contribution in [0.2, 0.25) is 0 Å². The molecule has 0 aliphatic carbocycles. The van der Waals surface area contributed by atoms with Gasteiger partial charge in [0.2, 0.25) is 0 Å². The predicted octanol–water partition coefficient (Wildman–Crippen LogP) is 0.0465. The summed E-state index contributed by atoms with van der Waals surface area (Å²) in [5.41, 5.74) is 0. The SMILES string of the molecule is CCN(C(=O)OC)C1CNC1. The van der Waals surface area contributed by atoms with Gasteiger partial charge < -0.3 is 15.0 Å². The van der Waals surface area contributed by atoms with Crippen molar-refractivity contribution < 1.29 is 9.53 Å². The summed E-state index contributed by atoms with van der Waals surface area (Å²) in [4.78, 5) is 12.8. The van der Waals surface area contributed by atoms with E-state index in [9.17, 15) is 4.79 Å². The molecule has 1 N–H and O–H groups in total. The molecule has 0 aromatic heterocycles. The zero-order chi connectivity index (χ0) is 8.27. The Hall–Kier alpha value is -0.770. The molecule has 0 bridgehead atoms. The van der Waals surface area contributed by atoms with E-state index in [0.29, 0.717) is 6.04 Å². The first-order chi connectivity index (χ1) is 5.29. The average molecular weight is 158 g/mol. The Kier molecular flexibility index (Phi) is 2.70. The molecule has 64 valence electrons. The van der Waals surface area contributed by atoms with Gasteiger partial charge in [0.25, 0.3) is 0 Å². The number of methoxy groups -OCH3 is 1. The van der Waals surface area contributed by atoms with Gasteiger partial charge in [-0.2, -0.15) is 0 Å². The molecule has 0 radical (unpaired) electrons. The lowest BCUT2D eigenvalue weighted by atomic mass is 10.1. The Labute approximate surface area is 66.5 Å². The van der Waals surface area contributed by atoms with Crippen LogP contribution in [-0.4, -0.2) is 43.8 Å². The molecule has 1 saturated heterocycles. The van der Waals surface area contributed by atoms with E-state index in [1.165, 1.54) is 7.11 Å². The Bertz CT molecular complexity index is 145. The quantitative estimate of drug-likeness (QED) is 0.617. The minimum Gasteiger partial charge on any atom is -0.453 e. The third kappa shape index (κ3) is 1.63. The number of nitrogens with one attached hydrogen (secondary N) is 1. The molecular weight excluding hydrogens is 144 g/mol. The van der Waals surface area contributed by atoms with E-state index in [1.807, 2.05) is 6.92 Å². The van der Waals surface area contributed by atoms with Crippen molar-refractivity contribution in [2.75, 3.05) is 26.7 Å². The van der Waals surface area contributed by atoms with Crippen LogP contribution in [0.15, 0.2) is 0 Å². The predicted molar refractivity (Wildman–Crippen MR) is 41.4 cm³/mol. The Morgan fingerprint density at radius 3 is 2.64 bits per heavy atom. The molecule has 1 aliphatic rings. The maximum atomic E-state index is 11.1. The highest BCUT2D eigenvalue weighted by Gasteiger charge is 2.27. The number of amides is 1. The highest BCUT2D eigenvalue weighted by atomic mass is 16.5. The number of carbonyl (C=O) groups excluding carboxylic acids is 1. The summed E-state index contributed by atoms with van der Waals surface area (Å²) in [5, 5.41) is 3.11. The van der Waals surface area contributed by atoms with Crippen LogP contribution in [0.3, 0.4) is 0 Å². The standard InChI is InChI=1S/C7H14N2O2/c1-3-9(7(10)11-2)6-4-8-5-6/h6,8H,3-5H2,1-2H3. The zero-order valence-corrected chi connectivity index (χ0v) is 6.96. The molecular formula is C7H14N2O2. The van der Waals surface area contributed by atoms with E-state index in [-0.39, 0.29) is 6.09 Å². The smallest absolute Gasteiger partial charge is 0.409 e. The fraction of sp³-hybridized carbons (Fsp3) is 0.857. The van der Waals surface area contributed by atoms with E-state index in [2.05, 4.69) is 10.1 Å². The van der Waals surface area contributed by atoms with Crippen molar-refractivity contribution >= 4 is 6.09 Å². The van der Waals surface area contributed by atoms with Gasteiger partial charge in [0, 0.05) is 19.6 Å². The monoisotopic (exact) mass is 158 g/mol. The summed E-state index contributed by atoms with van der Waals surface area (Å²) < 4.78 is 4.62. The minimum atomic E-state index is -0.223. The summed E-state index contributed by atoms with van der Waals surface area (Å²) in [7, 11) is 1.41. The van der Waals surface area contributed by atoms with Crippen molar-refractivity contribution in [3.05, 3.63) is 0 Å². The Morgan fingerprint density at radius 2 is 2.36 bits per heavy atom. The summed E-state index contributed by atoms with van der Waals surface area (Å²) in [5.74, 6) is 0. The van der Waals surface area contributed by atoms with E-state index < -0.39 is 0 Å². The van der Waals surface area contributed by atoms with Crippen molar-refractivity contribution in [3.63, 3.8) is 0 Å².